The van der Waals surface area contributed by atoms with Crippen LogP contribution in [0.3, 0.4) is 0 Å². The maximum Gasteiger partial charge on any atom is 0.0342 e. The van der Waals surface area contributed by atoms with E-state index in [-0.39, 0.29) is 0 Å². The Balaban J connectivity index is 1.73. The Morgan fingerprint density at radius 1 is 0.800 bits per heavy atom. The third kappa shape index (κ3) is 5.08. The van der Waals surface area contributed by atoms with Gasteiger partial charge in [0, 0.05) is 12.2 Å². The Morgan fingerprint density at radius 3 is 2.35 bits per heavy atom. The van der Waals surface area contributed by atoms with Crippen LogP contribution in [0, 0.1) is 0 Å². The van der Waals surface area contributed by atoms with E-state index in [1.807, 2.05) is 0 Å². The molecule has 0 aliphatic heterocycles. The van der Waals surface area contributed by atoms with Crippen LogP contribution in [0.5, 0.6) is 0 Å². The van der Waals surface area contributed by atoms with Crippen LogP contribution in [0.4, 0.5) is 5.69 Å². The van der Waals surface area contributed by atoms with Crippen molar-refractivity contribution in [1.29, 1.82) is 0 Å². The standard InChI is InChI=1S/C19H25N/c1-2-3-9-18-12-7-14-19(16-18)20-15-8-13-17-10-5-4-6-11-17/h4-7,10-12,14,16,20H,2-3,8-9,13,15H2,1H3. The second-order valence-electron chi connectivity index (χ2n) is 5.32. The third-order valence-electron chi connectivity index (χ3n) is 3.56. The molecule has 1 nitrogen and oxygen atoms in total. The molecule has 0 fully saturated rings. The Labute approximate surface area is 123 Å². The van der Waals surface area contributed by atoms with Gasteiger partial charge in [-0.15, -0.1) is 0 Å². The Morgan fingerprint density at radius 2 is 1.55 bits per heavy atom. The van der Waals surface area contributed by atoms with Crippen molar-refractivity contribution in [3.63, 3.8) is 0 Å². The molecule has 0 radical (unpaired) electrons. The van der Waals surface area contributed by atoms with E-state index in [0.29, 0.717) is 0 Å². The van der Waals surface area contributed by atoms with Crippen LogP contribution in [0.1, 0.15) is 37.3 Å². The van der Waals surface area contributed by atoms with Crippen molar-refractivity contribution >= 4 is 5.69 Å². The van der Waals surface area contributed by atoms with E-state index in [1.54, 1.807) is 0 Å². The van der Waals surface area contributed by atoms with Gasteiger partial charge in [-0.1, -0.05) is 55.8 Å². The first kappa shape index (κ1) is 14.6. The number of nitrogens with one attached hydrogen (secondary N) is 1. The monoisotopic (exact) mass is 267 g/mol. The van der Waals surface area contributed by atoms with Gasteiger partial charge in [-0.2, -0.15) is 0 Å². The summed E-state index contributed by atoms with van der Waals surface area (Å²) in [5, 5.41) is 3.53. The van der Waals surface area contributed by atoms with E-state index in [2.05, 4.69) is 66.8 Å². The summed E-state index contributed by atoms with van der Waals surface area (Å²) in [6.07, 6.45) is 6.04. The highest BCUT2D eigenvalue weighted by atomic mass is 14.9. The summed E-state index contributed by atoms with van der Waals surface area (Å²) in [6.45, 7) is 3.28. The number of aryl methyl sites for hydroxylation is 2. The van der Waals surface area contributed by atoms with Crippen LogP contribution >= 0.6 is 0 Å². The van der Waals surface area contributed by atoms with Gasteiger partial charge >= 0.3 is 0 Å². The van der Waals surface area contributed by atoms with Gasteiger partial charge in [0.25, 0.3) is 0 Å². The average molecular weight is 267 g/mol. The molecule has 0 amide bonds. The molecule has 0 saturated carbocycles. The zero-order valence-electron chi connectivity index (χ0n) is 12.4. The van der Waals surface area contributed by atoms with E-state index < -0.39 is 0 Å². The van der Waals surface area contributed by atoms with Crippen molar-refractivity contribution in [2.24, 2.45) is 0 Å². The van der Waals surface area contributed by atoms with Crippen molar-refractivity contribution in [3.8, 4) is 0 Å². The molecular weight excluding hydrogens is 242 g/mol. The summed E-state index contributed by atoms with van der Waals surface area (Å²) in [4.78, 5) is 0. The summed E-state index contributed by atoms with van der Waals surface area (Å²) >= 11 is 0. The number of unbranched alkanes of at least 4 members (excludes halogenated alkanes) is 1. The molecule has 2 aromatic carbocycles. The van der Waals surface area contributed by atoms with Gasteiger partial charge in [0.05, 0.1) is 0 Å². The van der Waals surface area contributed by atoms with Gasteiger partial charge in [-0.3, -0.25) is 0 Å². The molecule has 0 spiro atoms. The van der Waals surface area contributed by atoms with Crippen molar-refractivity contribution in [2.45, 2.75) is 39.0 Å². The SMILES string of the molecule is CCCCc1cccc(NCCCc2ccccc2)c1. The molecule has 106 valence electrons. The number of anilines is 1. The predicted octanol–water partition coefficient (Wildman–Crippen LogP) is 5.07. The van der Waals surface area contributed by atoms with Crippen LogP contribution in [0.2, 0.25) is 0 Å². The molecule has 2 aromatic rings. The van der Waals surface area contributed by atoms with Crippen LogP contribution in [0.15, 0.2) is 54.6 Å². The molecule has 0 aromatic heterocycles. The third-order valence-corrected chi connectivity index (χ3v) is 3.56. The smallest absolute Gasteiger partial charge is 0.0342 e. The normalized spacial score (nSPS) is 10.4. The first-order chi connectivity index (χ1) is 9.88. The Bertz CT molecular complexity index is 490. The molecule has 0 heterocycles. The van der Waals surface area contributed by atoms with Crippen LogP contribution in [-0.4, -0.2) is 6.54 Å². The van der Waals surface area contributed by atoms with Gasteiger partial charge < -0.3 is 5.32 Å². The molecule has 0 aliphatic rings. The summed E-state index contributed by atoms with van der Waals surface area (Å²) in [5.74, 6) is 0. The molecule has 0 aliphatic carbocycles. The van der Waals surface area contributed by atoms with Crippen LogP contribution < -0.4 is 5.32 Å². The van der Waals surface area contributed by atoms with E-state index >= 15 is 0 Å². The molecule has 0 saturated heterocycles. The molecule has 0 atom stereocenters. The quantitative estimate of drug-likeness (QED) is 0.658. The van der Waals surface area contributed by atoms with Crippen molar-refractivity contribution in [3.05, 3.63) is 65.7 Å². The zero-order valence-corrected chi connectivity index (χ0v) is 12.4. The van der Waals surface area contributed by atoms with Crippen LogP contribution in [-0.2, 0) is 12.8 Å². The lowest BCUT2D eigenvalue weighted by Gasteiger charge is -2.08. The molecule has 1 heteroatoms. The maximum absolute atomic E-state index is 3.53. The number of hydrogen-bond donors (Lipinski definition) is 1. The van der Waals surface area contributed by atoms with E-state index in [9.17, 15) is 0 Å². The summed E-state index contributed by atoms with van der Waals surface area (Å²) < 4.78 is 0. The van der Waals surface area contributed by atoms with Crippen LogP contribution in [0.25, 0.3) is 0 Å². The first-order valence-corrected chi connectivity index (χ1v) is 7.75. The lowest BCUT2D eigenvalue weighted by atomic mass is 10.1. The minimum Gasteiger partial charge on any atom is -0.385 e. The number of benzene rings is 2. The second-order valence-corrected chi connectivity index (χ2v) is 5.32. The molecule has 20 heavy (non-hydrogen) atoms. The van der Waals surface area contributed by atoms with Crippen molar-refractivity contribution in [1.82, 2.24) is 0 Å². The van der Waals surface area contributed by atoms with Gasteiger partial charge in [-0.05, 0) is 48.9 Å². The lowest BCUT2D eigenvalue weighted by Crippen LogP contribution is -2.03. The fraction of sp³-hybridized carbons (Fsp3) is 0.368. The summed E-state index contributed by atoms with van der Waals surface area (Å²) in [5.41, 5.74) is 4.12. The largest absolute Gasteiger partial charge is 0.385 e. The fourth-order valence-electron chi connectivity index (χ4n) is 2.39. The van der Waals surface area contributed by atoms with E-state index in [4.69, 9.17) is 0 Å². The lowest BCUT2D eigenvalue weighted by molar-refractivity contribution is 0.795. The fourth-order valence-corrected chi connectivity index (χ4v) is 2.39. The molecule has 1 N–H and O–H groups in total. The summed E-state index contributed by atoms with van der Waals surface area (Å²) in [6, 6.07) is 19.5. The van der Waals surface area contributed by atoms with E-state index in [0.717, 1.165) is 13.0 Å². The maximum atomic E-state index is 3.53. The second kappa shape index (κ2) is 8.42. The van der Waals surface area contributed by atoms with Gasteiger partial charge in [-0.25, -0.2) is 0 Å². The minimum absolute atomic E-state index is 1.03. The summed E-state index contributed by atoms with van der Waals surface area (Å²) in [7, 11) is 0. The van der Waals surface area contributed by atoms with Gasteiger partial charge in [0.2, 0.25) is 0 Å². The zero-order chi connectivity index (χ0) is 14.0. The first-order valence-electron chi connectivity index (χ1n) is 7.75. The molecule has 0 bridgehead atoms. The van der Waals surface area contributed by atoms with E-state index in [1.165, 1.54) is 42.5 Å². The van der Waals surface area contributed by atoms with Crippen molar-refractivity contribution < 1.29 is 0 Å². The average Bonchev–Trinajstić information content (AvgIpc) is 2.51. The molecular formula is C19H25N. The Kier molecular flexibility index (Phi) is 6.16. The highest BCUT2D eigenvalue weighted by Crippen LogP contribution is 2.13. The highest BCUT2D eigenvalue weighted by molar-refractivity contribution is 5.45. The molecule has 0 unspecified atom stereocenters. The Hall–Kier alpha value is -1.76. The molecule has 2 rings (SSSR count). The topological polar surface area (TPSA) is 12.0 Å². The predicted molar refractivity (Wildman–Crippen MR) is 88.3 cm³/mol. The number of hydrogen-bond acceptors (Lipinski definition) is 1. The highest BCUT2D eigenvalue weighted by Gasteiger charge is 1.96. The minimum atomic E-state index is 1.03. The number of rotatable bonds is 8. The van der Waals surface area contributed by atoms with Crippen molar-refractivity contribution in [2.75, 3.05) is 11.9 Å². The van der Waals surface area contributed by atoms with Gasteiger partial charge in [0.15, 0.2) is 0 Å². The van der Waals surface area contributed by atoms with Gasteiger partial charge in [0.1, 0.15) is 0 Å².